The van der Waals surface area contributed by atoms with Gasteiger partial charge in [0.25, 0.3) is 5.91 Å². The van der Waals surface area contributed by atoms with Crippen molar-refractivity contribution in [2.24, 2.45) is 0 Å². The molecule has 0 radical (unpaired) electrons. The van der Waals surface area contributed by atoms with Gasteiger partial charge in [0.1, 0.15) is 18.1 Å². The zero-order valence-electron chi connectivity index (χ0n) is 15.7. The second-order valence-corrected chi connectivity index (χ2v) is 6.42. The molecule has 0 aliphatic heterocycles. The van der Waals surface area contributed by atoms with E-state index in [0.29, 0.717) is 12.3 Å². The second kappa shape index (κ2) is 8.53. The minimum Gasteiger partial charge on any atom is -0.489 e. The Balaban J connectivity index is 1.53. The summed E-state index contributed by atoms with van der Waals surface area (Å²) in [5.74, 6) is 0.435. The Hall–Kier alpha value is -3.71. The number of benzene rings is 2. The summed E-state index contributed by atoms with van der Waals surface area (Å²) in [6.07, 6.45) is 3.41. The van der Waals surface area contributed by atoms with Gasteiger partial charge in [-0.05, 0) is 29.3 Å². The van der Waals surface area contributed by atoms with Crippen molar-refractivity contribution < 1.29 is 14.6 Å². The maximum atomic E-state index is 12.1. The van der Waals surface area contributed by atoms with Gasteiger partial charge >= 0.3 is 0 Å². The minimum atomic E-state index is -0.335. The highest BCUT2D eigenvalue weighted by Crippen LogP contribution is 2.26. The highest BCUT2D eigenvalue weighted by Gasteiger charge is 2.12. The lowest BCUT2D eigenvalue weighted by Crippen LogP contribution is -2.27. The van der Waals surface area contributed by atoms with Gasteiger partial charge in [-0.2, -0.15) is 5.10 Å². The van der Waals surface area contributed by atoms with Gasteiger partial charge in [-0.1, -0.05) is 42.5 Å². The van der Waals surface area contributed by atoms with Gasteiger partial charge in [0, 0.05) is 18.3 Å². The number of carbonyl (C=O) groups is 1. The summed E-state index contributed by atoms with van der Waals surface area (Å²) < 4.78 is 7.45. The number of carbonyl (C=O) groups excluding carboxylic acids is 1. The molecule has 0 bridgehead atoms. The number of hydrogen-bond donors (Lipinski definition) is 2. The van der Waals surface area contributed by atoms with Crippen molar-refractivity contribution in [3.63, 3.8) is 0 Å². The molecule has 2 heterocycles. The van der Waals surface area contributed by atoms with Crippen LogP contribution in [0.25, 0.3) is 16.8 Å². The quantitative estimate of drug-likeness (QED) is 0.508. The Kier molecular flexibility index (Phi) is 5.49. The lowest BCUT2D eigenvalue weighted by atomic mass is 10.1. The normalized spacial score (nSPS) is 10.8. The Morgan fingerprint density at radius 1 is 1.07 bits per heavy atom. The molecular weight excluding hydrogens is 368 g/mol. The van der Waals surface area contributed by atoms with Crippen LogP contribution in [0.15, 0.2) is 73.1 Å². The third-order valence-electron chi connectivity index (χ3n) is 4.41. The fourth-order valence-electron chi connectivity index (χ4n) is 2.93. The van der Waals surface area contributed by atoms with Crippen LogP contribution in [-0.2, 0) is 6.61 Å². The third-order valence-corrected chi connectivity index (χ3v) is 4.41. The zero-order chi connectivity index (χ0) is 20.1. The Labute approximate surface area is 167 Å². The van der Waals surface area contributed by atoms with Crippen LogP contribution in [0, 0.1) is 0 Å². The fraction of sp³-hybridized carbons (Fsp3) is 0.136. The van der Waals surface area contributed by atoms with Crippen LogP contribution < -0.4 is 10.1 Å². The largest absolute Gasteiger partial charge is 0.489 e. The Bertz CT molecular complexity index is 1110. The molecule has 0 spiro atoms. The first-order valence-electron chi connectivity index (χ1n) is 9.25. The molecule has 0 atom stereocenters. The third kappa shape index (κ3) is 4.25. The summed E-state index contributed by atoms with van der Waals surface area (Å²) in [6, 6.07) is 19.3. The lowest BCUT2D eigenvalue weighted by molar-refractivity contribution is 0.0940. The van der Waals surface area contributed by atoms with Gasteiger partial charge in [0.05, 0.1) is 12.8 Å². The topological polar surface area (TPSA) is 88.8 Å². The maximum absolute atomic E-state index is 12.1. The smallest absolute Gasteiger partial charge is 0.270 e. The van der Waals surface area contributed by atoms with Gasteiger partial charge in [0.15, 0.2) is 5.65 Å². The van der Waals surface area contributed by atoms with Crippen LogP contribution in [0.4, 0.5) is 0 Å². The van der Waals surface area contributed by atoms with Crippen LogP contribution in [0.3, 0.4) is 0 Å². The second-order valence-electron chi connectivity index (χ2n) is 6.42. The molecule has 1 amide bonds. The van der Waals surface area contributed by atoms with E-state index in [1.165, 1.54) is 0 Å². The van der Waals surface area contributed by atoms with Crippen LogP contribution in [0.5, 0.6) is 5.75 Å². The van der Waals surface area contributed by atoms with Crippen LogP contribution >= 0.6 is 0 Å². The van der Waals surface area contributed by atoms with Gasteiger partial charge < -0.3 is 15.2 Å². The molecule has 7 nitrogen and oxygen atoms in total. The Morgan fingerprint density at radius 2 is 1.86 bits per heavy atom. The van der Waals surface area contributed by atoms with Gasteiger partial charge in [-0.15, -0.1) is 0 Å². The molecule has 0 aliphatic rings. The molecule has 0 saturated heterocycles. The van der Waals surface area contributed by atoms with E-state index in [4.69, 9.17) is 9.84 Å². The van der Waals surface area contributed by atoms with E-state index in [1.54, 1.807) is 23.0 Å². The van der Waals surface area contributed by atoms with E-state index in [1.807, 2.05) is 54.6 Å². The molecular formula is C22H20N4O3. The van der Waals surface area contributed by atoms with E-state index in [9.17, 15) is 4.79 Å². The molecule has 2 N–H and O–H groups in total. The number of ether oxygens (including phenoxy) is 1. The summed E-state index contributed by atoms with van der Waals surface area (Å²) in [5.41, 5.74) is 3.70. The van der Waals surface area contributed by atoms with Crippen molar-refractivity contribution in [2.75, 3.05) is 13.2 Å². The van der Waals surface area contributed by atoms with Crippen LogP contribution in [0.2, 0.25) is 0 Å². The van der Waals surface area contributed by atoms with Crippen LogP contribution in [0.1, 0.15) is 16.1 Å². The minimum absolute atomic E-state index is 0.120. The van der Waals surface area contributed by atoms with Crippen molar-refractivity contribution in [1.82, 2.24) is 19.9 Å². The van der Waals surface area contributed by atoms with Crippen molar-refractivity contribution in [2.45, 2.75) is 6.61 Å². The number of nitrogens with zero attached hydrogens (tertiary/aromatic N) is 3. The highest BCUT2D eigenvalue weighted by molar-refractivity contribution is 5.93. The fourth-order valence-corrected chi connectivity index (χ4v) is 2.93. The summed E-state index contributed by atoms with van der Waals surface area (Å²) >= 11 is 0. The zero-order valence-corrected chi connectivity index (χ0v) is 15.7. The number of hydrogen-bond acceptors (Lipinski definition) is 5. The summed E-state index contributed by atoms with van der Waals surface area (Å²) in [6.45, 7) is 0.567. The maximum Gasteiger partial charge on any atom is 0.270 e. The SMILES string of the molecule is O=C(NCCO)c1ccn2ncc(-c3ccc(OCc4ccccc4)cc3)c2n1. The van der Waals surface area contributed by atoms with E-state index in [-0.39, 0.29) is 24.8 Å². The molecule has 2 aromatic carbocycles. The first kappa shape index (κ1) is 18.6. The van der Waals surface area contributed by atoms with E-state index in [2.05, 4.69) is 15.4 Å². The van der Waals surface area contributed by atoms with Crippen LogP contribution in [-0.4, -0.2) is 38.8 Å². The molecule has 7 heteroatoms. The first-order chi connectivity index (χ1) is 14.2. The molecule has 0 saturated carbocycles. The average Bonchev–Trinajstić information content (AvgIpc) is 3.20. The summed E-state index contributed by atoms with van der Waals surface area (Å²) in [5, 5.41) is 15.8. The van der Waals surface area contributed by atoms with Crippen molar-refractivity contribution >= 4 is 11.6 Å². The molecule has 29 heavy (non-hydrogen) atoms. The van der Waals surface area contributed by atoms with Crippen molar-refractivity contribution in [3.8, 4) is 16.9 Å². The molecule has 146 valence electrons. The Morgan fingerprint density at radius 3 is 2.62 bits per heavy atom. The van der Waals surface area contributed by atoms with Crippen molar-refractivity contribution in [1.29, 1.82) is 0 Å². The van der Waals surface area contributed by atoms with E-state index in [0.717, 1.165) is 22.4 Å². The molecule has 4 aromatic rings. The number of aromatic nitrogens is 3. The van der Waals surface area contributed by atoms with Gasteiger partial charge in [-0.25, -0.2) is 9.50 Å². The number of fused-ring (bicyclic) bond motifs is 1. The average molecular weight is 388 g/mol. The van der Waals surface area contributed by atoms with E-state index >= 15 is 0 Å². The highest BCUT2D eigenvalue weighted by atomic mass is 16.5. The van der Waals surface area contributed by atoms with Gasteiger partial charge in [-0.3, -0.25) is 4.79 Å². The molecule has 0 aliphatic carbocycles. The predicted molar refractivity (Wildman–Crippen MR) is 109 cm³/mol. The molecule has 2 aromatic heterocycles. The predicted octanol–water partition coefficient (Wildman–Crippen LogP) is 2.70. The molecule has 4 rings (SSSR count). The number of aliphatic hydroxyl groups is 1. The summed E-state index contributed by atoms with van der Waals surface area (Å²) in [7, 11) is 0. The number of amides is 1. The van der Waals surface area contributed by atoms with Gasteiger partial charge in [0.2, 0.25) is 0 Å². The number of rotatable bonds is 7. The van der Waals surface area contributed by atoms with Crippen molar-refractivity contribution in [3.05, 3.63) is 84.3 Å². The molecule has 0 fully saturated rings. The number of nitrogens with one attached hydrogen (secondary N) is 1. The standard InChI is InChI=1S/C22H20N4O3/c27-13-11-23-22(28)20-10-12-26-21(25-20)19(14-24-26)17-6-8-18(9-7-17)29-15-16-4-2-1-3-5-16/h1-10,12,14,27H,11,13,15H2,(H,23,28). The monoisotopic (exact) mass is 388 g/mol. The number of aliphatic hydroxyl groups excluding tert-OH is 1. The van der Waals surface area contributed by atoms with E-state index < -0.39 is 0 Å². The first-order valence-corrected chi connectivity index (χ1v) is 9.25. The molecule has 0 unspecified atom stereocenters. The summed E-state index contributed by atoms with van der Waals surface area (Å²) in [4.78, 5) is 16.6. The lowest BCUT2D eigenvalue weighted by Gasteiger charge is -2.07.